The van der Waals surface area contributed by atoms with Gasteiger partial charge in [-0.05, 0) is 25.0 Å². The number of methoxy groups -OCH3 is 1. The predicted octanol–water partition coefficient (Wildman–Crippen LogP) is 1.33. The molecule has 0 N–H and O–H groups in total. The predicted molar refractivity (Wildman–Crippen MR) is 60.2 cm³/mol. The molecule has 0 aromatic carbocycles. The van der Waals surface area contributed by atoms with Crippen molar-refractivity contribution >= 4 is 5.91 Å². The summed E-state index contributed by atoms with van der Waals surface area (Å²) in [6.45, 7) is 1.45. The van der Waals surface area contributed by atoms with E-state index >= 15 is 0 Å². The Bertz CT molecular complexity index is 353. The Balaban J connectivity index is 2.09. The van der Waals surface area contributed by atoms with Crippen LogP contribution in [0.4, 0.5) is 0 Å². The van der Waals surface area contributed by atoms with E-state index in [4.69, 9.17) is 4.74 Å². The molecule has 1 saturated heterocycles. The fourth-order valence-electron chi connectivity index (χ4n) is 2.13. The Morgan fingerprint density at radius 3 is 3.00 bits per heavy atom. The van der Waals surface area contributed by atoms with Crippen molar-refractivity contribution in [2.24, 2.45) is 0 Å². The summed E-state index contributed by atoms with van der Waals surface area (Å²) >= 11 is 0. The molecular formula is C12H16N2O2. The number of carbonyl (C=O) groups is 1. The molecule has 86 valence electrons. The number of hydrogen-bond acceptors (Lipinski definition) is 3. The molecule has 1 amide bonds. The standard InChI is InChI=1S/C12H16N2O2/c1-16-9-11-3-2-8-14(11)12(15)10-4-6-13-7-5-10/h4-7,11H,2-3,8-9H2,1H3. The normalized spacial score (nSPS) is 20.1. The quantitative estimate of drug-likeness (QED) is 0.771. The van der Waals surface area contributed by atoms with E-state index in [0.29, 0.717) is 12.2 Å². The Labute approximate surface area is 95.2 Å². The van der Waals surface area contributed by atoms with E-state index in [1.807, 2.05) is 4.90 Å². The molecule has 1 fully saturated rings. The molecule has 0 aliphatic carbocycles. The Morgan fingerprint density at radius 2 is 2.31 bits per heavy atom. The number of likely N-dealkylation sites (tertiary alicyclic amines) is 1. The van der Waals surface area contributed by atoms with Gasteiger partial charge in [0.05, 0.1) is 12.6 Å². The van der Waals surface area contributed by atoms with E-state index in [1.54, 1.807) is 31.6 Å². The summed E-state index contributed by atoms with van der Waals surface area (Å²) in [4.78, 5) is 18.0. The van der Waals surface area contributed by atoms with Gasteiger partial charge >= 0.3 is 0 Å². The maximum absolute atomic E-state index is 12.2. The molecule has 4 heteroatoms. The van der Waals surface area contributed by atoms with Crippen molar-refractivity contribution < 1.29 is 9.53 Å². The summed E-state index contributed by atoms with van der Waals surface area (Å²) < 4.78 is 5.14. The van der Waals surface area contributed by atoms with Crippen molar-refractivity contribution in [3.8, 4) is 0 Å². The first-order valence-electron chi connectivity index (χ1n) is 5.53. The summed E-state index contributed by atoms with van der Waals surface area (Å²) in [6, 6.07) is 3.74. The third-order valence-electron chi connectivity index (χ3n) is 2.92. The van der Waals surface area contributed by atoms with Crippen LogP contribution in [-0.2, 0) is 4.74 Å². The molecule has 1 aromatic rings. The molecule has 1 atom stereocenters. The van der Waals surface area contributed by atoms with Crippen LogP contribution in [0.15, 0.2) is 24.5 Å². The van der Waals surface area contributed by atoms with Gasteiger partial charge in [0.1, 0.15) is 0 Å². The number of ether oxygens (including phenoxy) is 1. The number of rotatable bonds is 3. The highest BCUT2D eigenvalue weighted by Crippen LogP contribution is 2.19. The summed E-state index contributed by atoms with van der Waals surface area (Å²) in [7, 11) is 1.67. The molecule has 0 saturated carbocycles. The molecule has 0 radical (unpaired) electrons. The van der Waals surface area contributed by atoms with Gasteiger partial charge in [0, 0.05) is 31.6 Å². The van der Waals surface area contributed by atoms with Crippen molar-refractivity contribution in [1.29, 1.82) is 0 Å². The lowest BCUT2D eigenvalue weighted by Crippen LogP contribution is -2.38. The number of hydrogen-bond donors (Lipinski definition) is 0. The molecule has 2 heterocycles. The molecule has 16 heavy (non-hydrogen) atoms. The maximum Gasteiger partial charge on any atom is 0.254 e. The van der Waals surface area contributed by atoms with E-state index in [-0.39, 0.29) is 11.9 Å². The average Bonchev–Trinajstić information content (AvgIpc) is 2.78. The highest BCUT2D eigenvalue weighted by molar-refractivity contribution is 5.94. The summed E-state index contributed by atoms with van der Waals surface area (Å²) in [5, 5.41) is 0. The average molecular weight is 220 g/mol. The Kier molecular flexibility index (Phi) is 3.51. The minimum atomic E-state index is 0.0851. The van der Waals surface area contributed by atoms with Crippen molar-refractivity contribution in [1.82, 2.24) is 9.88 Å². The molecule has 0 bridgehead atoms. The summed E-state index contributed by atoms with van der Waals surface area (Å²) in [5.74, 6) is 0.0851. The zero-order valence-electron chi connectivity index (χ0n) is 9.43. The second-order valence-corrected chi connectivity index (χ2v) is 3.99. The van der Waals surface area contributed by atoms with Crippen LogP contribution >= 0.6 is 0 Å². The molecule has 1 unspecified atom stereocenters. The molecule has 2 rings (SSSR count). The first-order chi connectivity index (χ1) is 7.83. The van der Waals surface area contributed by atoms with E-state index in [2.05, 4.69) is 4.98 Å². The Hall–Kier alpha value is -1.42. The van der Waals surface area contributed by atoms with Crippen LogP contribution in [0.2, 0.25) is 0 Å². The van der Waals surface area contributed by atoms with Gasteiger partial charge in [0.25, 0.3) is 5.91 Å². The monoisotopic (exact) mass is 220 g/mol. The van der Waals surface area contributed by atoms with Gasteiger partial charge in [-0.15, -0.1) is 0 Å². The van der Waals surface area contributed by atoms with Gasteiger partial charge in [-0.25, -0.2) is 0 Å². The van der Waals surface area contributed by atoms with Crippen LogP contribution in [0.1, 0.15) is 23.2 Å². The van der Waals surface area contributed by atoms with E-state index in [9.17, 15) is 4.79 Å². The van der Waals surface area contributed by atoms with E-state index in [0.717, 1.165) is 19.4 Å². The fourth-order valence-corrected chi connectivity index (χ4v) is 2.13. The molecular weight excluding hydrogens is 204 g/mol. The third-order valence-corrected chi connectivity index (χ3v) is 2.92. The van der Waals surface area contributed by atoms with Crippen LogP contribution in [0, 0.1) is 0 Å². The highest BCUT2D eigenvalue weighted by atomic mass is 16.5. The number of amides is 1. The van der Waals surface area contributed by atoms with E-state index in [1.165, 1.54) is 0 Å². The molecule has 0 spiro atoms. The van der Waals surface area contributed by atoms with Crippen LogP contribution in [-0.4, -0.2) is 42.1 Å². The molecule has 1 aliphatic heterocycles. The van der Waals surface area contributed by atoms with Crippen LogP contribution in [0.5, 0.6) is 0 Å². The van der Waals surface area contributed by atoms with E-state index < -0.39 is 0 Å². The Morgan fingerprint density at radius 1 is 1.56 bits per heavy atom. The maximum atomic E-state index is 12.2. The summed E-state index contributed by atoms with van der Waals surface area (Å²) in [6.07, 6.45) is 5.39. The van der Waals surface area contributed by atoms with Gasteiger partial charge in [-0.2, -0.15) is 0 Å². The highest BCUT2D eigenvalue weighted by Gasteiger charge is 2.28. The molecule has 1 aliphatic rings. The lowest BCUT2D eigenvalue weighted by molar-refractivity contribution is 0.0630. The number of carbonyl (C=O) groups excluding carboxylic acids is 1. The zero-order valence-corrected chi connectivity index (χ0v) is 9.43. The fraction of sp³-hybridized carbons (Fsp3) is 0.500. The SMILES string of the molecule is COCC1CCCN1C(=O)c1ccncc1. The van der Waals surface area contributed by atoms with Crippen LogP contribution < -0.4 is 0 Å². The smallest absolute Gasteiger partial charge is 0.254 e. The first kappa shape index (κ1) is 11.1. The van der Waals surface area contributed by atoms with Crippen molar-refractivity contribution in [3.05, 3.63) is 30.1 Å². The van der Waals surface area contributed by atoms with Gasteiger partial charge in [-0.1, -0.05) is 0 Å². The zero-order chi connectivity index (χ0) is 11.4. The lowest BCUT2D eigenvalue weighted by atomic mass is 10.2. The molecule has 1 aromatic heterocycles. The van der Waals surface area contributed by atoms with Crippen molar-refractivity contribution in [2.45, 2.75) is 18.9 Å². The largest absolute Gasteiger partial charge is 0.383 e. The molecule has 4 nitrogen and oxygen atoms in total. The van der Waals surface area contributed by atoms with Gasteiger partial charge in [0.2, 0.25) is 0 Å². The second kappa shape index (κ2) is 5.07. The second-order valence-electron chi connectivity index (χ2n) is 3.99. The van der Waals surface area contributed by atoms with Gasteiger partial charge < -0.3 is 9.64 Å². The number of nitrogens with zero attached hydrogens (tertiary/aromatic N) is 2. The van der Waals surface area contributed by atoms with Crippen LogP contribution in [0.3, 0.4) is 0 Å². The minimum absolute atomic E-state index is 0.0851. The van der Waals surface area contributed by atoms with Gasteiger partial charge in [0.15, 0.2) is 0 Å². The third kappa shape index (κ3) is 2.22. The topological polar surface area (TPSA) is 42.4 Å². The number of aromatic nitrogens is 1. The minimum Gasteiger partial charge on any atom is -0.383 e. The summed E-state index contributed by atoms with van der Waals surface area (Å²) in [5.41, 5.74) is 0.706. The van der Waals surface area contributed by atoms with Crippen molar-refractivity contribution in [2.75, 3.05) is 20.3 Å². The van der Waals surface area contributed by atoms with Crippen LogP contribution in [0.25, 0.3) is 0 Å². The first-order valence-corrected chi connectivity index (χ1v) is 5.53. The lowest BCUT2D eigenvalue weighted by Gasteiger charge is -2.24. The number of pyridine rings is 1. The van der Waals surface area contributed by atoms with Crippen molar-refractivity contribution in [3.63, 3.8) is 0 Å². The van der Waals surface area contributed by atoms with Gasteiger partial charge in [-0.3, -0.25) is 9.78 Å².